The van der Waals surface area contributed by atoms with E-state index in [1.54, 1.807) is 0 Å². The number of Topliss-reactive ketones (excluding diaryl/α,β-unsaturated/α-hetero) is 1. The van der Waals surface area contributed by atoms with Crippen LogP contribution in [0.15, 0.2) is 16.7 Å². The van der Waals surface area contributed by atoms with Crippen LogP contribution in [0.4, 0.5) is 0 Å². The van der Waals surface area contributed by atoms with Crippen molar-refractivity contribution in [3.63, 3.8) is 0 Å². The van der Waals surface area contributed by atoms with Crippen LogP contribution in [0, 0.1) is 0 Å². The molecule has 5 atom stereocenters. The van der Waals surface area contributed by atoms with Crippen molar-refractivity contribution in [3.8, 4) is 5.75 Å². The lowest BCUT2D eigenvalue weighted by Gasteiger charge is -2.39. The Morgan fingerprint density at radius 2 is 2.00 bits per heavy atom. The molecule has 2 heterocycles. The van der Waals surface area contributed by atoms with E-state index in [2.05, 4.69) is 0 Å². The summed E-state index contributed by atoms with van der Waals surface area (Å²) in [5.74, 6) is -0.390. The normalized spacial score (nSPS) is 34.0. The molecule has 2 rings (SSSR count). The molecule has 1 aromatic rings. The highest BCUT2D eigenvalue weighted by Crippen LogP contribution is 2.27. The van der Waals surface area contributed by atoms with Crippen LogP contribution >= 0.6 is 0 Å². The SMILES string of the molecule is CC(=O)c1occc1OC1OC(CO)C(O)C(O)C1O. The first-order valence-electron chi connectivity index (χ1n) is 6.01. The van der Waals surface area contributed by atoms with Crippen molar-refractivity contribution < 1.29 is 39.1 Å². The highest BCUT2D eigenvalue weighted by atomic mass is 16.7. The zero-order valence-corrected chi connectivity index (χ0v) is 10.7. The summed E-state index contributed by atoms with van der Waals surface area (Å²) in [5, 5.41) is 38.1. The molecule has 1 fully saturated rings. The first kappa shape index (κ1) is 14.9. The zero-order chi connectivity index (χ0) is 14.9. The van der Waals surface area contributed by atoms with Crippen molar-refractivity contribution in [1.82, 2.24) is 0 Å². The smallest absolute Gasteiger partial charge is 0.229 e. The molecule has 1 saturated heterocycles. The average molecular weight is 288 g/mol. The number of hydrogen-bond acceptors (Lipinski definition) is 8. The van der Waals surface area contributed by atoms with Gasteiger partial charge in [-0.1, -0.05) is 0 Å². The second-order valence-electron chi connectivity index (χ2n) is 4.49. The van der Waals surface area contributed by atoms with Crippen LogP contribution in [-0.2, 0) is 4.74 Å². The summed E-state index contributed by atoms with van der Waals surface area (Å²) in [4.78, 5) is 11.3. The van der Waals surface area contributed by atoms with E-state index in [0.717, 1.165) is 0 Å². The molecule has 0 bridgehead atoms. The Kier molecular flexibility index (Phi) is 4.41. The van der Waals surface area contributed by atoms with Crippen molar-refractivity contribution in [2.75, 3.05) is 6.61 Å². The Morgan fingerprint density at radius 3 is 2.60 bits per heavy atom. The van der Waals surface area contributed by atoms with Crippen molar-refractivity contribution in [1.29, 1.82) is 0 Å². The lowest BCUT2D eigenvalue weighted by Crippen LogP contribution is -2.60. The van der Waals surface area contributed by atoms with Crippen molar-refractivity contribution in [2.24, 2.45) is 0 Å². The predicted molar refractivity (Wildman–Crippen MR) is 63.1 cm³/mol. The van der Waals surface area contributed by atoms with Gasteiger partial charge < -0.3 is 34.3 Å². The van der Waals surface area contributed by atoms with Crippen LogP contribution in [0.5, 0.6) is 5.75 Å². The number of hydrogen-bond donors (Lipinski definition) is 4. The molecule has 8 heteroatoms. The number of ether oxygens (including phenoxy) is 2. The maximum Gasteiger partial charge on any atom is 0.229 e. The van der Waals surface area contributed by atoms with Crippen molar-refractivity contribution in [2.45, 2.75) is 37.6 Å². The molecule has 0 amide bonds. The van der Waals surface area contributed by atoms with E-state index in [-0.39, 0.29) is 17.3 Å². The van der Waals surface area contributed by atoms with Gasteiger partial charge in [-0.25, -0.2) is 0 Å². The lowest BCUT2D eigenvalue weighted by molar-refractivity contribution is -0.277. The monoisotopic (exact) mass is 288 g/mol. The van der Waals surface area contributed by atoms with Gasteiger partial charge in [0.15, 0.2) is 11.5 Å². The number of furan rings is 1. The van der Waals surface area contributed by atoms with Gasteiger partial charge in [-0.3, -0.25) is 4.79 Å². The van der Waals surface area contributed by atoms with E-state index in [0.29, 0.717) is 0 Å². The molecule has 1 aliphatic heterocycles. The predicted octanol–water partition coefficient (Wildman–Crippen LogP) is -1.34. The van der Waals surface area contributed by atoms with Gasteiger partial charge in [0.2, 0.25) is 12.1 Å². The quantitative estimate of drug-likeness (QED) is 0.501. The van der Waals surface area contributed by atoms with E-state index >= 15 is 0 Å². The Hall–Kier alpha value is -1.45. The van der Waals surface area contributed by atoms with E-state index in [9.17, 15) is 20.1 Å². The Balaban J connectivity index is 2.15. The third-order valence-electron chi connectivity index (χ3n) is 3.04. The minimum absolute atomic E-state index is 0.0434. The van der Waals surface area contributed by atoms with Gasteiger partial charge in [0.1, 0.15) is 24.4 Å². The Bertz CT molecular complexity index is 468. The summed E-state index contributed by atoms with van der Waals surface area (Å²) in [6.07, 6.45) is -5.74. The highest BCUT2D eigenvalue weighted by molar-refractivity contribution is 5.93. The molecular weight excluding hydrogens is 272 g/mol. The van der Waals surface area contributed by atoms with Gasteiger partial charge in [-0.05, 0) is 0 Å². The van der Waals surface area contributed by atoms with E-state index in [1.807, 2.05) is 0 Å². The molecule has 20 heavy (non-hydrogen) atoms. The summed E-state index contributed by atoms with van der Waals surface area (Å²) < 4.78 is 15.4. The summed E-state index contributed by atoms with van der Waals surface area (Å²) >= 11 is 0. The number of aliphatic hydroxyl groups excluding tert-OH is 4. The topological polar surface area (TPSA) is 130 Å². The molecule has 0 saturated carbocycles. The van der Waals surface area contributed by atoms with E-state index in [4.69, 9.17) is 19.0 Å². The Morgan fingerprint density at radius 1 is 1.30 bits per heavy atom. The van der Waals surface area contributed by atoms with Crippen LogP contribution < -0.4 is 4.74 Å². The van der Waals surface area contributed by atoms with Crippen LogP contribution in [0.3, 0.4) is 0 Å². The maximum atomic E-state index is 11.3. The second kappa shape index (κ2) is 5.90. The third-order valence-corrected chi connectivity index (χ3v) is 3.04. The number of carbonyl (C=O) groups excluding carboxylic acids is 1. The summed E-state index contributed by atoms with van der Waals surface area (Å²) in [6.45, 7) is 0.717. The highest BCUT2D eigenvalue weighted by Gasteiger charge is 2.45. The van der Waals surface area contributed by atoms with Crippen molar-refractivity contribution in [3.05, 3.63) is 18.1 Å². The molecule has 0 aromatic carbocycles. The summed E-state index contributed by atoms with van der Waals surface area (Å²) in [6, 6.07) is 1.36. The molecule has 0 aliphatic carbocycles. The lowest BCUT2D eigenvalue weighted by atomic mass is 9.99. The van der Waals surface area contributed by atoms with Gasteiger partial charge >= 0.3 is 0 Å². The molecule has 112 valence electrons. The third kappa shape index (κ3) is 2.69. The second-order valence-corrected chi connectivity index (χ2v) is 4.49. The minimum atomic E-state index is -1.54. The van der Waals surface area contributed by atoms with E-state index in [1.165, 1.54) is 19.3 Å². The van der Waals surface area contributed by atoms with Crippen LogP contribution in [0.1, 0.15) is 17.5 Å². The zero-order valence-electron chi connectivity index (χ0n) is 10.7. The fraction of sp³-hybridized carbons (Fsp3) is 0.583. The van der Waals surface area contributed by atoms with Crippen molar-refractivity contribution >= 4 is 5.78 Å². The van der Waals surface area contributed by atoms with Gasteiger partial charge in [-0.15, -0.1) is 0 Å². The molecule has 5 unspecified atom stereocenters. The van der Waals surface area contributed by atoms with E-state index < -0.39 is 37.3 Å². The molecule has 8 nitrogen and oxygen atoms in total. The number of ketones is 1. The molecule has 0 spiro atoms. The average Bonchev–Trinajstić information content (AvgIpc) is 2.87. The van der Waals surface area contributed by atoms with Gasteiger partial charge in [0.25, 0.3) is 0 Å². The molecule has 0 radical (unpaired) electrons. The largest absolute Gasteiger partial charge is 0.458 e. The summed E-state index contributed by atoms with van der Waals surface area (Å²) in [7, 11) is 0. The molecule has 4 N–H and O–H groups in total. The molecular formula is C12H16O8. The molecule has 1 aliphatic rings. The number of carbonyl (C=O) groups is 1. The van der Waals surface area contributed by atoms with Gasteiger partial charge in [-0.2, -0.15) is 0 Å². The molecule has 1 aromatic heterocycles. The van der Waals surface area contributed by atoms with Crippen LogP contribution in [-0.4, -0.2) is 63.5 Å². The fourth-order valence-corrected chi connectivity index (χ4v) is 1.94. The first-order valence-corrected chi connectivity index (χ1v) is 6.01. The van der Waals surface area contributed by atoms with Crippen LogP contribution in [0.25, 0.3) is 0 Å². The van der Waals surface area contributed by atoms with Crippen LogP contribution in [0.2, 0.25) is 0 Å². The summed E-state index contributed by atoms with van der Waals surface area (Å²) in [5.41, 5.74) is 0. The number of rotatable bonds is 4. The first-order chi connectivity index (χ1) is 9.45. The maximum absolute atomic E-state index is 11.3. The standard InChI is InChI=1S/C12H16O8/c1-5(14)11-6(2-3-18-11)19-12-10(17)9(16)8(15)7(4-13)20-12/h2-3,7-10,12-13,15-17H,4H2,1H3. The number of aliphatic hydroxyl groups is 4. The van der Waals surface area contributed by atoms with Gasteiger partial charge in [0.05, 0.1) is 12.9 Å². The van der Waals surface area contributed by atoms with Gasteiger partial charge in [0, 0.05) is 13.0 Å². The fourth-order valence-electron chi connectivity index (χ4n) is 1.94. The minimum Gasteiger partial charge on any atom is -0.458 e. The Labute approximate surface area is 114 Å².